The second-order valence-electron chi connectivity index (χ2n) is 5.69. The van der Waals surface area contributed by atoms with Gasteiger partial charge in [0.25, 0.3) is 5.56 Å². The molecule has 0 spiro atoms. The Hall–Kier alpha value is -2.46. The van der Waals surface area contributed by atoms with E-state index < -0.39 is 0 Å². The number of fused-ring (bicyclic) bond motifs is 1. The van der Waals surface area contributed by atoms with Crippen LogP contribution in [-0.4, -0.2) is 9.78 Å². The van der Waals surface area contributed by atoms with Gasteiger partial charge in [0.1, 0.15) is 0 Å². The van der Waals surface area contributed by atoms with E-state index >= 15 is 0 Å². The molecule has 1 aromatic heterocycles. The first-order valence-electron chi connectivity index (χ1n) is 7.34. The molecule has 2 N–H and O–H groups in total. The van der Waals surface area contributed by atoms with Crippen LogP contribution in [0.3, 0.4) is 0 Å². The molecule has 0 aliphatic rings. The monoisotopic (exact) mass is 293 g/mol. The molecule has 2 aromatic carbocycles. The number of nitrogens with two attached hydrogens (primary N) is 1. The van der Waals surface area contributed by atoms with Crippen LogP contribution in [0.4, 0.5) is 0 Å². The van der Waals surface area contributed by atoms with Gasteiger partial charge in [-0.2, -0.15) is 5.10 Å². The van der Waals surface area contributed by atoms with Crippen molar-refractivity contribution < 1.29 is 0 Å². The molecule has 1 atom stereocenters. The molecule has 0 saturated carbocycles. The zero-order valence-corrected chi connectivity index (χ0v) is 12.8. The fourth-order valence-corrected chi connectivity index (χ4v) is 2.70. The predicted octanol–water partition coefficient (Wildman–Crippen LogP) is 2.71. The summed E-state index contributed by atoms with van der Waals surface area (Å²) in [5.41, 5.74) is 9.56. The molecule has 0 amide bonds. The summed E-state index contributed by atoms with van der Waals surface area (Å²) >= 11 is 0. The Bertz CT molecular complexity index is 883. The third-order valence-electron chi connectivity index (χ3n) is 3.97. The maximum Gasteiger partial charge on any atom is 0.274 e. The molecule has 112 valence electrons. The van der Waals surface area contributed by atoms with E-state index in [9.17, 15) is 4.79 Å². The number of hydrogen-bond donors (Lipinski definition) is 1. The van der Waals surface area contributed by atoms with Crippen LogP contribution < -0.4 is 11.3 Å². The second kappa shape index (κ2) is 5.73. The summed E-state index contributed by atoms with van der Waals surface area (Å²) in [5.74, 6) is 0. The Morgan fingerprint density at radius 3 is 2.77 bits per heavy atom. The van der Waals surface area contributed by atoms with E-state index in [1.54, 1.807) is 6.20 Å². The first kappa shape index (κ1) is 14.5. The van der Waals surface area contributed by atoms with Crippen LogP contribution in [0, 0.1) is 13.8 Å². The summed E-state index contributed by atoms with van der Waals surface area (Å²) in [6.07, 6.45) is 1.71. The lowest BCUT2D eigenvalue weighted by Crippen LogP contribution is -2.29. The lowest BCUT2D eigenvalue weighted by atomic mass is 9.99. The molecule has 4 nitrogen and oxygen atoms in total. The minimum atomic E-state index is -0.258. The summed E-state index contributed by atoms with van der Waals surface area (Å²) < 4.78 is 1.45. The standard InChI is InChI=1S/C18H19N3O/c1-12-7-8-13(2)16(9-12)17(19)11-21-18(22)15-6-4-3-5-14(15)10-20-21/h3-10,17H,11,19H2,1-2H3. The Kier molecular flexibility index (Phi) is 3.77. The van der Waals surface area contributed by atoms with Crippen LogP contribution >= 0.6 is 0 Å². The molecule has 1 unspecified atom stereocenters. The molecule has 1 heterocycles. The zero-order valence-electron chi connectivity index (χ0n) is 12.8. The van der Waals surface area contributed by atoms with Crippen molar-refractivity contribution in [2.45, 2.75) is 26.4 Å². The quantitative estimate of drug-likeness (QED) is 0.807. The highest BCUT2D eigenvalue weighted by molar-refractivity contribution is 5.80. The third-order valence-corrected chi connectivity index (χ3v) is 3.97. The molecule has 0 aliphatic heterocycles. The number of aromatic nitrogens is 2. The van der Waals surface area contributed by atoms with Crippen LogP contribution in [0.25, 0.3) is 10.8 Å². The highest BCUT2D eigenvalue weighted by Gasteiger charge is 2.12. The van der Waals surface area contributed by atoms with Gasteiger partial charge in [-0.05, 0) is 31.0 Å². The van der Waals surface area contributed by atoms with Gasteiger partial charge in [0.15, 0.2) is 0 Å². The van der Waals surface area contributed by atoms with Crippen molar-refractivity contribution in [3.63, 3.8) is 0 Å². The van der Waals surface area contributed by atoms with E-state index in [0.29, 0.717) is 11.9 Å². The van der Waals surface area contributed by atoms with Crippen LogP contribution in [0.15, 0.2) is 53.5 Å². The molecular weight excluding hydrogens is 274 g/mol. The van der Waals surface area contributed by atoms with Crippen molar-refractivity contribution in [1.29, 1.82) is 0 Å². The number of rotatable bonds is 3. The fraction of sp³-hybridized carbons (Fsp3) is 0.222. The highest BCUT2D eigenvalue weighted by atomic mass is 16.1. The van der Waals surface area contributed by atoms with E-state index in [0.717, 1.165) is 22.1 Å². The topological polar surface area (TPSA) is 60.9 Å². The molecule has 3 rings (SSSR count). The average Bonchev–Trinajstić information content (AvgIpc) is 2.52. The second-order valence-corrected chi connectivity index (χ2v) is 5.69. The minimum absolute atomic E-state index is 0.0983. The predicted molar refractivity (Wildman–Crippen MR) is 88.8 cm³/mol. The van der Waals surface area contributed by atoms with Gasteiger partial charge in [0.2, 0.25) is 0 Å². The lowest BCUT2D eigenvalue weighted by molar-refractivity contribution is 0.506. The minimum Gasteiger partial charge on any atom is -0.322 e. The normalized spacial score (nSPS) is 12.5. The number of benzene rings is 2. The summed E-state index contributed by atoms with van der Waals surface area (Å²) in [7, 11) is 0. The maximum atomic E-state index is 12.5. The summed E-state index contributed by atoms with van der Waals surface area (Å²) in [4.78, 5) is 12.5. The molecule has 4 heteroatoms. The van der Waals surface area contributed by atoms with Gasteiger partial charge in [-0.15, -0.1) is 0 Å². The summed E-state index contributed by atoms with van der Waals surface area (Å²) in [6, 6.07) is 13.4. The fourth-order valence-electron chi connectivity index (χ4n) is 2.70. The highest BCUT2D eigenvalue weighted by Crippen LogP contribution is 2.18. The van der Waals surface area contributed by atoms with Crippen molar-refractivity contribution in [2.24, 2.45) is 5.73 Å². The van der Waals surface area contributed by atoms with Gasteiger partial charge in [0, 0.05) is 11.4 Å². The van der Waals surface area contributed by atoms with Crippen LogP contribution in [0.1, 0.15) is 22.7 Å². The van der Waals surface area contributed by atoms with Crippen LogP contribution in [-0.2, 0) is 6.54 Å². The first-order chi connectivity index (χ1) is 10.6. The van der Waals surface area contributed by atoms with Gasteiger partial charge in [-0.25, -0.2) is 4.68 Å². The third kappa shape index (κ3) is 2.65. The molecule has 0 radical (unpaired) electrons. The SMILES string of the molecule is Cc1ccc(C)c(C(N)Cn2ncc3ccccc3c2=O)c1. The Labute approximate surface area is 129 Å². The molecule has 22 heavy (non-hydrogen) atoms. The molecule has 0 saturated heterocycles. The molecule has 0 bridgehead atoms. The van der Waals surface area contributed by atoms with Crippen molar-refractivity contribution in [1.82, 2.24) is 9.78 Å². The summed E-state index contributed by atoms with van der Waals surface area (Å²) in [6.45, 7) is 4.44. The Balaban J connectivity index is 1.97. The largest absolute Gasteiger partial charge is 0.322 e. The lowest BCUT2D eigenvalue weighted by Gasteiger charge is -2.16. The van der Waals surface area contributed by atoms with Crippen molar-refractivity contribution >= 4 is 10.8 Å². The van der Waals surface area contributed by atoms with E-state index in [-0.39, 0.29) is 11.6 Å². The van der Waals surface area contributed by atoms with Gasteiger partial charge in [0.05, 0.1) is 18.1 Å². The van der Waals surface area contributed by atoms with E-state index in [4.69, 9.17) is 5.73 Å². The molecule has 3 aromatic rings. The van der Waals surface area contributed by atoms with E-state index in [2.05, 4.69) is 23.3 Å². The van der Waals surface area contributed by atoms with Crippen molar-refractivity contribution in [3.8, 4) is 0 Å². The average molecular weight is 293 g/mol. The number of nitrogens with zero attached hydrogens (tertiary/aromatic N) is 2. The number of hydrogen-bond acceptors (Lipinski definition) is 3. The van der Waals surface area contributed by atoms with Crippen LogP contribution in [0.5, 0.6) is 0 Å². The zero-order chi connectivity index (χ0) is 15.7. The van der Waals surface area contributed by atoms with Gasteiger partial charge in [-0.3, -0.25) is 4.79 Å². The van der Waals surface area contributed by atoms with E-state index in [1.165, 1.54) is 4.68 Å². The molecular formula is C18H19N3O. The smallest absolute Gasteiger partial charge is 0.274 e. The van der Waals surface area contributed by atoms with Crippen molar-refractivity contribution in [3.05, 3.63) is 75.7 Å². The molecule has 0 aliphatic carbocycles. The molecule has 0 fully saturated rings. The van der Waals surface area contributed by atoms with Crippen LogP contribution in [0.2, 0.25) is 0 Å². The van der Waals surface area contributed by atoms with Crippen molar-refractivity contribution in [2.75, 3.05) is 0 Å². The maximum absolute atomic E-state index is 12.5. The first-order valence-corrected chi connectivity index (χ1v) is 7.34. The van der Waals surface area contributed by atoms with Gasteiger partial charge in [-0.1, -0.05) is 42.0 Å². The van der Waals surface area contributed by atoms with Gasteiger partial charge >= 0.3 is 0 Å². The number of aryl methyl sites for hydroxylation is 2. The summed E-state index contributed by atoms with van der Waals surface area (Å²) in [5, 5.41) is 5.77. The van der Waals surface area contributed by atoms with Gasteiger partial charge < -0.3 is 5.73 Å². The Morgan fingerprint density at radius 2 is 1.95 bits per heavy atom. The Morgan fingerprint density at radius 1 is 1.18 bits per heavy atom. The van der Waals surface area contributed by atoms with E-state index in [1.807, 2.05) is 38.1 Å².